The van der Waals surface area contributed by atoms with Crippen molar-refractivity contribution in [2.24, 2.45) is 0 Å². The number of nitrogens with zero attached hydrogens (tertiary/aromatic N) is 1. The highest BCUT2D eigenvalue weighted by Gasteiger charge is 2.35. The number of thioether (sulfide) groups is 1. The molecule has 1 aliphatic rings. The van der Waals surface area contributed by atoms with Crippen LogP contribution in [-0.4, -0.2) is 17.6 Å². The lowest BCUT2D eigenvalue weighted by molar-refractivity contribution is -0.140. The van der Waals surface area contributed by atoms with E-state index >= 15 is 0 Å². The van der Waals surface area contributed by atoms with Gasteiger partial charge in [-0.2, -0.15) is 5.26 Å². The van der Waals surface area contributed by atoms with Crippen LogP contribution in [0.3, 0.4) is 0 Å². The molecule has 6 nitrogen and oxygen atoms in total. The van der Waals surface area contributed by atoms with Crippen molar-refractivity contribution in [2.75, 3.05) is 5.75 Å². The number of esters is 1. The Morgan fingerprint density at radius 2 is 1.63 bits per heavy atom. The molecule has 192 valence electrons. The Kier molecular flexibility index (Phi) is 9.26. The second kappa shape index (κ2) is 13.0. The van der Waals surface area contributed by atoms with Crippen molar-refractivity contribution in [3.05, 3.63) is 129 Å². The van der Waals surface area contributed by atoms with Crippen LogP contribution in [0.25, 0.3) is 0 Å². The highest BCUT2D eigenvalue weighted by molar-refractivity contribution is 8.03. The van der Waals surface area contributed by atoms with Gasteiger partial charge in [0, 0.05) is 17.3 Å². The van der Waals surface area contributed by atoms with Crippen molar-refractivity contribution in [1.82, 2.24) is 10.6 Å². The van der Waals surface area contributed by atoms with Crippen LogP contribution in [0.5, 0.6) is 0 Å². The number of rotatable bonds is 9. The van der Waals surface area contributed by atoms with E-state index in [4.69, 9.17) is 16.3 Å². The average molecular weight is 544 g/mol. The number of hydrogen-bond acceptors (Lipinski definition) is 6. The summed E-state index contributed by atoms with van der Waals surface area (Å²) < 4.78 is 5.65. The van der Waals surface area contributed by atoms with Crippen LogP contribution in [0.15, 0.2) is 107 Å². The summed E-state index contributed by atoms with van der Waals surface area (Å²) in [7, 11) is 0. The summed E-state index contributed by atoms with van der Waals surface area (Å²) in [4.78, 5) is 25.9. The zero-order valence-corrected chi connectivity index (χ0v) is 22.3. The van der Waals surface area contributed by atoms with E-state index in [0.29, 0.717) is 33.4 Å². The summed E-state index contributed by atoms with van der Waals surface area (Å²) >= 11 is 7.34. The first-order valence-corrected chi connectivity index (χ1v) is 13.3. The molecule has 1 aliphatic heterocycles. The van der Waals surface area contributed by atoms with E-state index in [1.807, 2.05) is 60.7 Å². The van der Waals surface area contributed by atoms with E-state index < -0.39 is 11.9 Å². The number of carbonyl (C=O) groups excluding carboxylic acids is 2. The van der Waals surface area contributed by atoms with Gasteiger partial charge < -0.3 is 15.4 Å². The van der Waals surface area contributed by atoms with E-state index in [9.17, 15) is 14.9 Å². The molecule has 2 N–H and O–H groups in total. The van der Waals surface area contributed by atoms with E-state index in [2.05, 4.69) is 16.7 Å². The molecule has 0 saturated heterocycles. The molecule has 0 saturated carbocycles. The lowest BCUT2D eigenvalue weighted by Gasteiger charge is -2.29. The Hall–Kier alpha value is -3.99. The summed E-state index contributed by atoms with van der Waals surface area (Å²) in [6.07, 6.45) is 0. The largest absolute Gasteiger partial charge is 0.457 e. The number of benzene rings is 3. The summed E-state index contributed by atoms with van der Waals surface area (Å²) in [5.74, 6) is -1.24. The van der Waals surface area contributed by atoms with E-state index in [1.54, 1.807) is 31.2 Å². The van der Waals surface area contributed by atoms with E-state index in [0.717, 1.165) is 16.7 Å². The molecule has 0 unspecified atom stereocenters. The van der Waals surface area contributed by atoms with Crippen LogP contribution >= 0.6 is 23.4 Å². The molecule has 3 aromatic rings. The maximum Gasteiger partial charge on any atom is 0.337 e. The van der Waals surface area contributed by atoms with Gasteiger partial charge in [0.1, 0.15) is 6.61 Å². The predicted octanol–water partition coefficient (Wildman–Crippen LogP) is 5.83. The number of amides is 1. The van der Waals surface area contributed by atoms with Gasteiger partial charge in [0.25, 0.3) is 0 Å². The van der Waals surface area contributed by atoms with Gasteiger partial charge in [-0.3, -0.25) is 4.79 Å². The Bertz CT molecular complexity index is 1400. The minimum absolute atomic E-state index is 0.106. The molecule has 0 spiro atoms. The molecule has 8 heteroatoms. The highest BCUT2D eigenvalue weighted by Crippen LogP contribution is 2.41. The second-order valence-electron chi connectivity index (χ2n) is 8.62. The Balaban J connectivity index is 1.55. The SMILES string of the molecule is CC1=C(C(=O)OCc2ccccc2)[C@@H](c2ccc(Cl)cc2)C(C#N)=C(SCC(=O)NCc2ccccc2)N1. The lowest BCUT2D eigenvalue weighted by atomic mass is 9.82. The molecule has 1 amide bonds. The van der Waals surface area contributed by atoms with Gasteiger partial charge in [-0.25, -0.2) is 4.79 Å². The molecule has 0 fully saturated rings. The minimum atomic E-state index is -0.670. The third-order valence-electron chi connectivity index (χ3n) is 5.96. The number of allylic oxidation sites excluding steroid dienone is 2. The molecule has 3 aromatic carbocycles. The van der Waals surface area contributed by atoms with Crippen molar-refractivity contribution in [3.63, 3.8) is 0 Å². The first-order valence-electron chi connectivity index (χ1n) is 12.0. The van der Waals surface area contributed by atoms with Gasteiger partial charge >= 0.3 is 5.97 Å². The third-order valence-corrected chi connectivity index (χ3v) is 7.23. The van der Waals surface area contributed by atoms with Gasteiger partial charge in [0.15, 0.2) is 0 Å². The Morgan fingerprint density at radius 3 is 2.26 bits per heavy atom. The number of nitriles is 1. The predicted molar refractivity (Wildman–Crippen MR) is 150 cm³/mol. The zero-order chi connectivity index (χ0) is 26.9. The van der Waals surface area contributed by atoms with Crippen molar-refractivity contribution >= 4 is 35.2 Å². The van der Waals surface area contributed by atoms with Gasteiger partial charge in [-0.15, -0.1) is 0 Å². The maximum atomic E-state index is 13.3. The number of nitrogens with one attached hydrogen (secondary N) is 2. The van der Waals surface area contributed by atoms with Crippen LogP contribution in [0, 0.1) is 11.3 Å². The van der Waals surface area contributed by atoms with Crippen LogP contribution < -0.4 is 10.6 Å². The third kappa shape index (κ3) is 6.86. The lowest BCUT2D eigenvalue weighted by Crippen LogP contribution is -2.30. The van der Waals surface area contributed by atoms with Gasteiger partial charge in [-0.1, -0.05) is 96.2 Å². The first-order chi connectivity index (χ1) is 18.5. The number of carbonyl (C=O) groups is 2. The molecule has 1 heterocycles. The van der Waals surface area contributed by atoms with E-state index in [-0.39, 0.29) is 18.3 Å². The van der Waals surface area contributed by atoms with Crippen LogP contribution in [0.1, 0.15) is 29.5 Å². The fraction of sp³-hybridized carbons (Fsp3) is 0.167. The molecular weight excluding hydrogens is 518 g/mol. The summed E-state index contributed by atoms with van der Waals surface area (Å²) in [5.41, 5.74) is 3.83. The Morgan fingerprint density at radius 1 is 1.00 bits per heavy atom. The fourth-order valence-electron chi connectivity index (χ4n) is 4.07. The molecule has 0 aromatic heterocycles. The number of dihydropyridines is 1. The van der Waals surface area contributed by atoms with Crippen molar-refractivity contribution in [2.45, 2.75) is 26.0 Å². The molecule has 0 bridgehead atoms. The fourth-order valence-corrected chi connectivity index (χ4v) is 5.12. The molecular formula is C30H26ClN3O3S. The van der Waals surface area contributed by atoms with Crippen LogP contribution in [-0.2, 0) is 27.5 Å². The summed E-state index contributed by atoms with van der Waals surface area (Å²) in [5, 5.41) is 17.3. The molecule has 1 atom stereocenters. The van der Waals surface area contributed by atoms with Crippen molar-refractivity contribution in [1.29, 1.82) is 5.26 Å². The first kappa shape index (κ1) is 27.1. The number of hydrogen-bond donors (Lipinski definition) is 2. The number of ether oxygens (including phenoxy) is 1. The quantitative estimate of drug-likeness (QED) is 0.330. The van der Waals surface area contributed by atoms with Crippen molar-refractivity contribution in [3.8, 4) is 6.07 Å². The molecule has 38 heavy (non-hydrogen) atoms. The maximum absolute atomic E-state index is 13.3. The van der Waals surface area contributed by atoms with Gasteiger partial charge in [0.2, 0.25) is 5.91 Å². The summed E-state index contributed by atoms with van der Waals surface area (Å²) in [6.45, 7) is 2.30. The Labute approximate surface area is 231 Å². The monoisotopic (exact) mass is 543 g/mol. The van der Waals surface area contributed by atoms with Crippen LogP contribution in [0.4, 0.5) is 0 Å². The normalized spacial score (nSPS) is 14.9. The van der Waals surface area contributed by atoms with Crippen LogP contribution in [0.2, 0.25) is 5.02 Å². The van der Waals surface area contributed by atoms with Gasteiger partial charge in [0.05, 0.1) is 33.9 Å². The second-order valence-corrected chi connectivity index (χ2v) is 10.0. The highest BCUT2D eigenvalue weighted by atomic mass is 35.5. The number of halogens is 1. The van der Waals surface area contributed by atoms with E-state index in [1.165, 1.54) is 11.8 Å². The van der Waals surface area contributed by atoms with Crippen molar-refractivity contribution < 1.29 is 14.3 Å². The van der Waals surface area contributed by atoms with Gasteiger partial charge in [-0.05, 0) is 35.7 Å². The summed E-state index contributed by atoms with van der Waals surface area (Å²) in [6, 6.07) is 28.3. The molecule has 0 aliphatic carbocycles. The topological polar surface area (TPSA) is 91.2 Å². The molecule has 0 radical (unpaired) electrons. The zero-order valence-electron chi connectivity index (χ0n) is 20.7. The minimum Gasteiger partial charge on any atom is -0.457 e. The smallest absolute Gasteiger partial charge is 0.337 e. The molecule has 4 rings (SSSR count). The standard InChI is InChI=1S/C30H26ClN3O3S/c1-20-27(30(36)37-18-22-10-6-3-7-11-22)28(23-12-14-24(31)15-13-23)25(16-32)29(34-20)38-19-26(35)33-17-21-8-4-2-5-9-21/h2-15,28,34H,17-19H2,1H3,(H,33,35)/t28-/m0/s1. The average Bonchev–Trinajstić information content (AvgIpc) is 2.95.